The second kappa shape index (κ2) is 6.95. The highest BCUT2D eigenvalue weighted by Gasteiger charge is 2.35. The van der Waals surface area contributed by atoms with Gasteiger partial charge in [0.25, 0.3) is 5.91 Å². The van der Waals surface area contributed by atoms with Crippen LogP contribution in [0.4, 0.5) is 0 Å². The molecule has 0 bridgehead atoms. The third-order valence-corrected chi connectivity index (χ3v) is 5.51. The highest BCUT2D eigenvalue weighted by Crippen LogP contribution is 2.39. The fourth-order valence-electron chi connectivity index (χ4n) is 3.85. The molecule has 0 aliphatic heterocycles. The van der Waals surface area contributed by atoms with Crippen LogP contribution in [-0.4, -0.2) is 47.7 Å². The van der Waals surface area contributed by atoms with Gasteiger partial charge in [-0.2, -0.15) is 0 Å². The van der Waals surface area contributed by atoms with Crippen molar-refractivity contribution in [1.29, 1.82) is 0 Å². The predicted octanol–water partition coefficient (Wildman–Crippen LogP) is 3.27. The summed E-state index contributed by atoms with van der Waals surface area (Å²) in [4.78, 5) is 18.9. The Bertz CT molecular complexity index is 1050. The highest BCUT2D eigenvalue weighted by atomic mass is 16.5. The molecule has 1 amide bonds. The molecule has 1 aliphatic carbocycles. The Labute approximate surface area is 164 Å². The van der Waals surface area contributed by atoms with Gasteiger partial charge in [-0.15, -0.1) is 0 Å². The van der Waals surface area contributed by atoms with Crippen molar-refractivity contribution in [3.8, 4) is 5.75 Å². The van der Waals surface area contributed by atoms with Gasteiger partial charge in [-0.25, -0.2) is 4.98 Å². The highest BCUT2D eigenvalue weighted by molar-refractivity contribution is 5.99. The number of benzene rings is 2. The second-order valence-corrected chi connectivity index (χ2v) is 7.48. The lowest BCUT2D eigenvalue weighted by Gasteiger charge is -2.22. The van der Waals surface area contributed by atoms with Crippen molar-refractivity contribution in [2.45, 2.75) is 25.6 Å². The first-order chi connectivity index (χ1) is 13.4. The standard InChI is InChI=1S/C22H25N3O3/c1-13-23-20-17(25(13)4)10-15(22(26)24(2)3)12-18(20)28-21-16-9-7-6-8-14(16)11-19(21)27-5/h6-10,12,19,21H,11H2,1-5H3. The summed E-state index contributed by atoms with van der Waals surface area (Å²) in [5.74, 6) is 1.40. The number of methoxy groups -OCH3 is 1. The zero-order valence-electron chi connectivity index (χ0n) is 16.9. The molecule has 6 heteroatoms. The van der Waals surface area contributed by atoms with E-state index in [1.165, 1.54) is 5.56 Å². The molecule has 4 rings (SSSR count). The van der Waals surface area contributed by atoms with E-state index in [0.717, 1.165) is 28.8 Å². The largest absolute Gasteiger partial charge is 0.481 e. The van der Waals surface area contributed by atoms with E-state index in [0.29, 0.717) is 11.3 Å². The van der Waals surface area contributed by atoms with E-state index in [-0.39, 0.29) is 18.1 Å². The van der Waals surface area contributed by atoms with Crippen LogP contribution >= 0.6 is 0 Å². The molecule has 1 heterocycles. The molecule has 3 aromatic rings. The zero-order chi connectivity index (χ0) is 20.0. The second-order valence-electron chi connectivity index (χ2n) is 7.48. The van der Waals surface area contributed by atoms with Gasteiger partial charge in [-0.1, -0.05) is 24.3 Å². The Morgan fingerprint density at radius 1 is 1.25 bits per heavy atom. The van der Waals surface area contributed by atoms with Gasteiger partial charge in [0.05, 0.1) is 5.52 Å². The Morgan fingerprint density at radius 3 is 2.71 bits per heavy atom. The maximum absolute atomic E-state index is 12.6. The van der Waals surface area contributed by atoms with Crippen molar-refractivity contribution >= 4 is 16.9 Å². The van der Waals surface area contributed by atoms with Crippen LogP contribution in [0.25, 0.3) is 11.0 Å². The lowest BCUT2D eigenvalue weighted by molar-refractivity contribution is 0.0137. The number of fused-ring (bicyclic) bond motifs is 2. The number of hydrogen-bond acceptors (Lipinski definition) is 4. The molecule has 6 nitrogen and oxygen atoms in total. The van der Waals surface area contributed by atoms with Crippen LogP contribution in [0.3, 0.4) is 0 Å². The zero-order valence-corrected chi connectivity index (χ0v) is 16.9. The number of carbonyl (C=O) groups excluding carboxylic acids is 1. The summed E-state index contributed by atoms with van der Waals surface area (Å²) in [6.45, 7) is 1.94. The minimum absolute atomic E-state index is 0.0688. The number of aromatic nitrogens is 2. The van der Waals surface area contributed by atoms with Gasteiger partial charge in [0.2, 0.25) is 0 Å². The minimum atomic E-state index is -0.239. The molecule has 1 aromatic heterocycles. The average molecular weight is 379 g/mol. The quantitative estimate of drug-likeness (QED) is 0.698. The number of carbonyl (C=O) groups is 1. The molecule has 146 valence electrons. The molecule has 0 radical (unpaired) electrons. The number of ether oxygens (including phenoxy) is 2. The van der Waals surface area contributed by atoms with E-state index >= 15 is 0 Å². The SMILES string of the molecule is COC1Cc2ccccc2C1Oc1cc(C(=O)N(C)C)cc2c1nc(C)n2C. The van der Waals surface area contributed by atoms with Gasteiger partial charge in [0.15, 0.2) is 6.10 Å². The predicted molar refractivity (Wildman–Crippen MR) is 108 cm³/mol. The number of aryl methyl sites for hydroxylation is 2. The number of hydrogen-bond donors (Lipinski definition) is 0. The fraction of sp³-hybridized carbons (Fsp3) is 0.364. The van der Waals surface area contributed by atoms with E-state index in [1.54, 1.807) is 32.2 Å². The number of rotatable bonds is 4. The number of imidazole rings is 1. The van der Waals surface area contributed by atoms with Gasteiger partial charge in [-0.05, 0) is 30.2 Å². The van der Waals surface area contributed by atoms with Crippen molar-refractivity contribution < 1.29 is 14.3 Å². The summed E-state index contributed by atoms with van der Waals surface area (Å²) in [6.07, 6.45) is 0.486. The first-order valence-corrected chi connectivity index (χ1v) is 9.36. The van der Waals surface area contributed by atoms with E-state index in [4.69, 9.17) is 9.47 Å². The molecule has 0 saturated carbocycles. The molecule has 28 heavy (non-hydrogen) atoms. The molecule has 2 aromatic carbocycles. The van der Waals surface area contributed by atoms with Crippen molar-refractivity contribution in [3.63, 3.8) is 0 Å². The minimum Gasteiger partial charge on any atom is -0.481 e. The molecule has 0 saturated heterocycles. The van der Waals surface area contributed by atoms with Crippen molar-refractivity contribution in [2.24, 2.45) is 7.05 Å². The Morgan fingerprint density at radius 2 is 2.00 bits per heavy atom. The lowest BCUT2D eigenvalue weighted by atomic mass is 10.1. The van der Waals surface area contributed by atoms with E-state index in [9.17, 15) is 4.79 Å². The number of nitrogens with zero attached hydrogens (tertiary/aromatic N) is 3. The van der Waals surface area contributed by atoms with Gasteiger partial charge in [0, 0.05) is 40.2 Å². The molecular weight excluding hydrogens is 354 g/mol. The van der Waals surface area contributed by atoms with Crippen molar-refractivity contribution in [3.05, 3.63) is 58.9 Å². The third-order valence-electron chi connectivity index (χ3n) is 5.51. The first kappa shape index (κ1) is 18.5. The van der Waals surface area contributed by atoms with Crippen LogP contribution < -0.4 is 4.74 Å². The van der Waals surface area contributed by atoms with Crippen LogP contribution in [-0.2, 0) is 18.2 Å². The van der Waals surface area contributed by atoms with E-state index in [1.807, 2.05) is 36.7 Å². The molecule has 2 unspecified atom stereocenters. The van der Waals surface area contributed by atoms with Gasteiger partial charge < -0.3 is 18.9 Å². The molecule has 2 atom stereocenters. The van der Waals surface area contributed by atoms with Crippen LogP contribution in [0, 0.1) is 6.92 Å². The van der Waals surface area contributed by atoms with Crippen molar-refractivity contribution in [1.82, 2.24) is 14.5 Å². The average Bonchev–Trinajstić information content (AvgIpc) is 3.19. The summed E-state index contributed by atoms with van der Waals surface area (Å²) in [5.41, 5.74) is 4.57. The van der Waals surface area contributed by atoms with Gasteiger partial charge in [-0.3, -0.25) is 4.79 Å². The molecular formula is C22H25N3O3. The maximum Gasteiger partial charge on any atom is 0.253 e. The Balaban J connectivity index is 1.84. The molecule has 0 fully saturated rings. The first-order valence-electron chi connectivity index (χ1n) is 9.36. The fourth-order valence-corrected chi connectivity index (χ4v) is 3.85. The Hall–Kier alpha value is -2.86. The lowest BCUT2D eigenvalue weighted by Crippen LogP contribution is -2.23. The molecule has 0 N–H and O–H groups in total. The van der Waals surface area contributed by atoms with Crippen LogP contribution in [0.15, 0.2) is 36.4 Å². The van der Waals surface area contributed by atoms with Crippen LogP contribution in [0.1, 0.15) is 33.4 Å². The maximum atomic E-state index is 12.6. The van der Waals surface area contributed by atoms with E-state index in [2.05, 4.69) is 17.1 Å². The van der Waals surface area contributed by atoms with E-state index < -0.39 is 0 Å². The topological polar surface area (TPSA) is 56.6 Å². The molecule has 1 aliphatic rings. The third kappa shape index (κ3) is 2.94. The molecule has 0 spiro atoms. The van der Waals surface area contributed by atoms with Crippen LogP contribution in [0.2, 0.25) is 0 Å². The van der Waals surface area contributed by atoms with Gasteiger partial charge in [0.1, 0.15) is 23.2 Å². The normalized spacial score (nSPS) is 18.3. The smallest absolute Gasteiger partial charge is 0.253 e. The van der Waals surface area contributed by atoms with Crippen LogP contribution in [0.5, 0.6) is 5.75 Å². The monoisotopic (exact) mass is 379 g/mol. The summed E-state index contributed by atoms with van der Waals surface area (Å²) in [7, 11) is 7.14. The van der Waals surface area contributed by atoms with Gasteiger partial charge >= 0.3 is 0 Å². The Kier molecular flexibility index (Phi) is 4.59. The summed E-state index contributed by atoms with van der Waals surface area (Å²) in [6, 6.07) is 11.9. The summed E-state index contributed by atoms with van der Waals surface area (Å²) in [5, 5.41) is 0. The number of amides is 1. The summed E-state index contributed by atoms with van der Waals surface area (Å²) >= 11 is 0. The summed E-state index contributed by atoms with van der Waals surface area (Å²) < 4.78 is 14.2. The van der Waals surface area contributed by atoms with Crippen molar-refractivity contribution in [2.75, 3.05) is 21.2 Å².